The molecule has 0 fully saturated rings. The third-order valence-electron chi connectivity index (χ3n) is 2.17. The van der Waals surface area contributed by atoms with Crippen molar-refractivity contribution in [1.82, 2.24) is 4.98 Å². The van der Waals surface area contributed by atoms with Gasteiger partial charge in [-0.25, -0.2) is 9.78 Å². The van der Waals surface area contributed by atoms with E-state index in [2.05, 4.69) is 4.98 Å². The number of anilines is 1. The Balaban J connectivity index is 2.85. The standard InChI is InChI=1S/C10H16N2O3S/c1-4-7-8(9(13)14)16-10(11-7)12(2)5-6-15-3/h4-6H2,1-3H3,(H,13,14). The van der Waals surface area contributed by atoms with Gasteiger partial charge in [0.05, 0.1) is 12.3 Å². The predicted molar refractivity (Wildman–Crippen MR) is 63.6 cm³/mol. The van der Waals surface area contributed by atoms with Crippen LogP contribution in [0.2, 0.25) is 0 Å². The van der Waals surface area contributed by atoms with Crippen LogP contribution in [0.15, 0.2) is 0 Å². The Morgan fingerprint density at radius 1 is 1.62 bits per heavy atom. The molecule has 0 atom stereocenters. The molecule has 0 amide bonds. The number of aromatic nitrogens is 1. The van der Waals surface area contributed by atoms with Gasteiger partial charge in [0.2, 0.25) is 0 Å². The molecular weight excluding hydrogens is 228 g/mol. The molecule has 0 aliphatic rings. The molecule has 0 spiro atoms. The minimum Gasteiger partial charge on any atom is -0.477 e. The monoisotopic (exact) mass is 244 g/mol. The zero-order chi connectivity index (χ0) is 12.1. The molecule has 0 saturated carbocycles. The summed E-state index contributed by atoms with van der Waals surface area (Å²) in [6.45, 7) is 3.20. The summed E-state index contributed by atoms with van der Waals surface area (Å²) >= 11 is 1.21. The SMILES string of the molecule is CCc1nc(N(C)CCOC)sc1C(=O)O. The number of hydrogen-bond donors (Lipinski definition) is 1. The number of hydrogen-bond acceptors (Lipinski definition) is 5. The van der Waals surface area contributed by atoms with Crippen molar-refractivity contribution in [2.75, 3.05) is 32.2 Å². The molecule has 0 aromatic carbocycles. The zero-order valence-corrected chi connectivity index (χ0v) is 10.5. The number of methoxy groups -OCH3 is 1. The van der Waals surface area contributed by atoms with Crippen molar-refractivity contribution in [2.45, 2.75) is 13.3 Å². The summed E-state index contributed by atoms with van der Waals surface area (Å²) in [7, 11) is 3.51. The summed E-state index contributed by atoms with van der Waals surface area (Å²) in [6.07, 6.45) is 0.635. The zero-order valence-electron chi connectivity index (χ0n) is 9.69. The first kappa shape index (κ1) is 12.9. The maximum atomic E-state index is 11.0. The van der Waals surface area contributed by atoms with Gasteiger partial charge in [0.25, 0.3) is 0 Å². The Labute approximate surface area is 98.7 Å². The third-order valence-corrected chi connectivity index (χ3v) is 3.37. The molecule has 16 heavy (non-hydrogen) atoms. The molecule has 1 rings (SSSR count). The summed E-state index contributed by atoms with van der Waals surface area (Å²) in [5, 5.41) is 9.72. The Morgan fingerprint density at radius 2 is 2.31 bits per heavy atom. The quantitative estimate of drug-likeness (QED) is 0.821. The van der Waals surface area contributed by atoms with E-state index in [1.807, 2.05) is 18.9 Å². The first-order valence-corrected chi connectivity index (χ1v) is 5.84. The van der Waals surface area contributed by atoms with Crippen LogP contribution < -0.4 is 4.90 Å². The fourth-order valence-corrected chi connectivity index (χ4v) is 2.21. The van der Waals surface area contributed by atoms with Gasteiger partial charge in [-0.15, -0.1) is 0 Å². The largest absolute Gasteiger partial charge is 0.477 e. The Morgan fingerprint density at radius 3 is 2.75 bits per heavy atom. The van der Waals surface area contributed by atoms with Crippen LogP contribution in [-0.4, -0.2) is 43.4 Å². The smallest absolute Gasteiger partial charge is 0.347 e. The Bertz CT molecular complexity index is 365. The Hall–Kier alpha value is -1.14. The van der Waals surface area contributed by atoms with E-state index >= 15 is 0 Å². The fourth-order valence-electron chi connectivity index (χ4n) is 1.23. The summed E-state index contributed by atoms with van der Waals surface area (Å²) < 4.78 is 4.96. The number of likely N-dealkylation sites (N-methyl/N-ethyl adjacent to an activating group) is 1. The van der Waals surface area contributed by atoms with E-state index in [4.69, 9.17) is 9.84 Å². The van der Waals surface area contributed by atoms with Crippen molar-refractivity contribution in [3.63, 3.8) is 0 Å². The van der Waals surface area contributed by atoms with Crippen molar-refractivity contribution < 1.29 is 14.6 Å². The molecular formula is C10H16N2O3S. The molecule has 0 unspecified atom stereocenters. The summed E-state index contributed by atoms with van der Waals surface area (Å²) in [5.41, 5.74) is 0.650. The number of carboxylic acid groups (broad SMARTS) is 1. The van der Waals surface area contributed by atoms with Crippen molar-refractivity contribution >= 4 is 22.4 Å². The highest BCUT2D eigenvalue weighted by Gasteiger charge is 2.17. The van der Waals surface area contributed by atoms with Crippen molar-refractivity contribution in [3.8, 4) is 0 Å². The topological polar surface area (TPSA) is 62.7 Å². The number of rotatable bonds is 6. The van der Waals surface area contributed by atoms with Gasteiger partial charge >= 0.3 is 5.97 Å². The molecule has 0 saturated heterocycles. The Kier molecular flexibility index (Phi) is 4.70. The van der Waals surface area contributed by atoms with Gasteiger partial charge in [0, 0.05) is 20.7 Å². The van der Waals surface area contributed by atoms with Crippen LogP contribution in [0.3, 0.4) is 0 Å². The van der Waals surface area contributed by atoms with E-state index in [1.165, 1.54) is 11.3 Å². The number of carboxylic acids is 1. The second kappa shape index (κ2) is 5.81. The van der Waals surface area contributed by atoms with Crippen LogP contribution in [0.4, 0.5) is 5.13 Å². The first-order valence-electron chi connectivity index (χ1n) is 5.03. The van der Waals surface area contributed by atoms with E-state index in [-0.39, 0.29) is 0 Å². The summed E-state index contributed by atoms with van der Waals surface area (Å²) in [5.74, 6) is -0.902. The van der Waals surface area contributed by atoms with Crippen LogP contribution >= 0.6 is 11.3 Å². The first-order chi connectivity index (χ1) is 7.60. The molecule has 1 N–H and O–H groups in total. The minimum atomic E-state index is -0.902. The molecule has 0 radical (unpaired) electrons. The highest BCUT2D eigenvalue weighted by molar-refractivity contribution is 7.17. The maximum absolute atomic E-state index is 11.0. The van der Waals surface area contributed by atoms with Gasteiger partial charge in [-0.05, 0) is 6.42 Å². The molecule has 0 aliphatic carbocycles. The fraction of sp³-hybridized carbons (Fsp3) is 0.600. The second-order valence-electron chi connectivity index (χ2n) is 3.35. The molecule has 0 bridgehead atoms. The van der Waals surface area contributed by atoms with Gasteiger partial charge in [0.1, 0.15) is 4.88 Å². The lowest BCUT2D eigenvalue weighted by Crippen LogP contribution is -2.21. The van der Waals surface area contributed by atoms with Crippen LogP contribution in [0.5, 0.6) is 0 Å². The molecule has 6 heteroatoms. The lowest BCUT2D eigenvalue weighted by molar-refractivity contribution is 0.0701. The van der Waals surface area contributed by atoms with E-state index < -0.39 is 5.97 Å². The van der Waals surface area contributed by atoms with Gasteiger partial charge in [-0.2, -0.15) is 0 Å². The van der Waals surface area contributed by atoms with E-state index in [1.54, 1.807) is 7.11 Å². The lowest BCUT2D eigenvalue weighted by atomic mass is 10.3. The van der Waals surface area contributed by atoms with Crippen molar-refractivity contribution in [3.05, 3.63) is 10.6 Å². The van der Waals surface area contributed by atoms with Crippen LogP contribution in [0.25, 0.3) is 0 Å². The van der Waals surface area contributed by atoms with Gasteiger partial charge in [-0.3, -0.25) is 0 Å². The predicted octanol–water partition coefficient (Wildman–Crippen LogP) is 1.49. The average molecular weight is 244 g/mol. The van der Waals surface area contributed by atoms with Gasteiger partial charge in [-0.1, -0.05) is 18.3 Å². The number of nitrogens with zero attached hydrogens (tertiary/aromatic N) is 2. The third kappa shape index (κ3) is 2.93. The van der Waals surface area contributed by atoms with Crippen LogP contribution in [0, 0.1) is 0 Å². The number of aromatic carboxylic acids is 1. The minimum absolute atomic E-state index is 0.335. The summed E-state index contributed by atoms with van der Waals surface area (Å²) in [6, 6.07) is 0. The van der Waals surface area contributed by atoms with E-state index in [0.29, 0.717) is 30.1 Å². The van der Waals surface area contributed by atoms with Crippen molar-refractivity contribution in [1.29, 1.82) is 0 Å². The molecule has 1 aromatic rings. The van der Waals surface area contributed by atoms with Gasteiger partial charge in [0.15, 0.2) is 5.13 Å². The highest BCUT2D eigenvalue weighted by atomic mass is 32.1. The van der Waals surface area contributed by atoms with E-state index in [9.17, 15) is 4.79 Å². The van der Waals surface area contributed by atoms with Gasteiger partial charge < -0.3 is 14.7 Å². The molecule has 0 aliphatic heterocycles. The molecule has 90 valence electrons. The lowest BCUT2D eigenvalue weighted by Gasteiger charge is -2.14. The number of ether oxygens (including phenoxy) is 1. The number of aryl methyl sites for hydroxylation is 1. The van der Waals surface area contributed by atoms with E-state index in [0.717, 1.165) is 5.13 Å². The molecule has 1 aromatic heterocycles. The van der Waals surface area contributed by atoms with Crippen molar-refractivity contribution in [2.24, 2.45) is 0 Å². The second-order valence-corrected chi connectivity index (χ2v) is 4.32. The molecule has 5 nitrogen and oxygen atoms in total. The van der Waals surface area contributed by atoms with Crippen LogP contribution in [-0.2, 0) is 11.2 Å². The highest BCUT2D eigenvalue weighted by Crippen LogP contribution is 2.25. The van der Waals surface area contributed by atoms with Crippen LogP contribution in [0.1, 0.15) is 22.3 Å². The summed E-state index contributed by atoms with van der Waals surface area (Å²) in [4.78, 5) is 17.5. The number of carbonyl (C=O) groups is 1. The maximum Gasteiger partial charge on any atom is 0.347 e. The average Bonchev–Trinajstić information content (AvgIpc) is 2.69. The number of thiazole rings is 1. The normalized spacial score (nSPS) is 10.4. The molecule has 1 heterocycles.